The van der Waals surface area contributed by atoms with Crippen LogP contribution in [0.1, 0.15) is 22.8 Å². The number of hydrogen-bond acceptors (Lipinski definition) is 2. The molecule has 1 rings (SSSR count). The number of phenols is 1. The average Bonchev–Trinajstić information content (AvgIpc) is 2.14. The summed E-state index contributed by atoms with van der Waals surface area (Å²) in [4.78, 5) is 8.26. The molecule has 0 aliphatic rings. The standard InChI is InChI=1S/C9H9F5O2S/c1-2-6-3-8(17(10,11,12,13)14)4-7(5-15)9(6)16/h3-5,16H,2H2,1H3. The van der Waals surface area contributed by atoms with Gasteiger partial charge < -0.3 is 5.11 Å². The minimum absolute atomic E-state index is 0.0386. The molecule has 0 amide bonds. The molecule has 0 saturated carbocycles. The van der Waals surface area contributed by atoms with Gasteiger partial charge in [0.1, 0.15) is 10.6 Å². The smallest absolute Gasteiger partial charge is 0.310 e. The lowest BCUT2D eigenvalue weighted by Gasteiger charge is -2.40. The summed E-state index contributed by atoms with van der Waals surface area (Å²) in [5.41, 5.74) is -1.15. The third-order valence-electron chi connectivity index (χ3n) is 2.15. The van der Waals surface area contributed by atoms with Crippen LogP contribution in [0.5, 0.6) is 5.75 Å². The van der Waals surface area contributed by atoms with E-state index in [-0.39, 0.29) is 30.4 Å². The number of rotatable bonds is 3. The highest BCUT2D eigenvalue weighted by molar-refractivity contribution is 8.45. The third-order valence-corrected chi connectivity index (χ3v) is 3.27. The van der Waals surface area contributed by atoms with Gasteiger partial charge in [-0.25, -0.2) is 0 Å². The van der Waals surface area contributed by atoms with Crippen molar-refractivity contribution >= 4 is 16.5 Å². The first-order valence-electron chi connectivity index (χ1n) is 4.44. The summed E-state index contributed by atoms with van der Waals surface area (Å²) in [5, 5.41) is 9.32. The molecule has 0 radical (unpaired) electrons. The number of aryl methyl sites for hydroxylation is 1. The van der Waals surface area contributed by atoms with E-state index in [9.17, 15) is 29.3 Å². The van der Waals surface area contributed by atoms with Gasteiger partial charge in [-0.15, -0.1) is 0 Å². The van der Waals surface area contributed by atoms with Crippen molar-refractivity contribution in [3.8, 4) is 5.75 Å². The molecule has 0 fully saturated rings. The zero-order chi connectivity index (χ0) is 13.5. The van der Waals surface area contributed by atoms with E-state index in [1.807, 2.05) is 0 Å². The van der Waals surface area contributed by atoms with Crippen molar-refractivity contribution in [3.05, 3.63) is 23.3 Å². The minimum atomic E-state index is -9.83. The van der Waals surface area contributed by atoms with E-state index >= 15 is 0 Å². The van der Waals surface area contributed by atoms with Crippen molar-refractivity contribution in [2.45, 2.75) is 18.2 Å². The molecule has 0 unspecified atom stereocenters. The lowest BCUT2D eigenvalue weighted by atomic mass is 10.1. The Hall–Kier alpha value is -1.31. The van der Waals surface area contributed by atoms with Crippen LogP contribution in [0.3, 0.4) is 0 Å². The molecular weight excluding hydrogens is 267 g/mol. The van der Waals surface area contributed by atoms with Crippen LogP contribution in [0.4, 0.5) is 19.4 Å². The van der Waals surface area contributed by atoms with E-state index < -0.39 is 26.4 Å². The van der Waals surface area contributed by atoms with Crippen molar-refractivity contribution in [3.63, 3.8) is 0 Å². The monoisotopic (exact) mass is 276 g/mol. The summed E-state index contributed by atoms with van der Waals surface area (Å²) in [6, 6.07) is 0.132. The number of benzene rings is 1. The van der Waals surface area contributed by atoms with Crippen LogP contribution in [0.25, 0.3) is 0 Å². The predicted octanol–water partition coefficient (Wildman–Crippen LogP) is 4.42. The van der Waals surface area contributed by atoms with Gasteiger partial charge in [0.25, 0.3) is 0 Å². The van der Waals surface area contributed by atoms with Crippen LogP contribution in [0.15, 0.2) is 17.0 Å². The van der Waals surface area contributed by atoms with Crippen molar-refractivity contribution in [2.24, 2.45) is 0 Å². The quantitative estimate of drug-likeness (QED) is 0.655. The second-order valence-electron chi connectivity index (χ2n) is 3.46. The van der Waals surface area contributed by atoms with Gasteiger partial charge in [-0.1, -0.05) is 26.4 Å². The minimum Gasteiger partial charge on any atom is -0.507 e. The highest BCUT2D eigenvalue weighted by Gasteiger charge is 2.65. The molecule has 0 saturated heterocycles. The molecule has 0 atom stereocenters. The van der Waals surface area contributed by atoms with Crippen molar-refractivity contribution < 1.29 is 29.3 Å². The molecule has 0 aliphatic carbocycles. The molecule has 0 heterocycles. The lowest BCUT2D eigenvalue weighted by molar-refractivity contribution is 0.112. The Morgan fingerprint density at radius 2 is 1.76 bits per heavy atom. The summed E-state index contributed by atoms with van der Waals surface area (Å²) < 4.78 is 62.6. The van der Waals surface area contributed by atoms with Gasteiger partial charge in [0.2, 0.25) is 0 Å². The fraction of sp³-hybridized carbons (Fsp3) is 0.222. The first-order chi connectivity index (χ1) is 7.38. The molecule has 0 bridgehead atoms. The van der Waals surface area contributed by atoms with Crippen LogP contribution < -0.4 is 0 Å². The van der Waals surface area contributed by atoms with Gasteiger partial charge in [0.15, 0.2) is 6.29 Å². The lowest BCUT2D eigenvalue weighted by Crippen LogP contribution is -2.07. The molecule has 98 valence electrons. The van der Waals surface area contributed by atoms with Gasteiger partial charge in [-0.3, -0.25) is 4.79 Å². The van der Waals surface area contributed by atoms with Gasteiger partial charge in [-0.05, 0) is 24.1 Å². The molecule has 8 heteroatoms. The Morgan fingerprint density at radius 1 is 1.24 bits per heavy atom. The number of aldehydes is 1. The molecule has 2 nitrogen and oxygen atoms in total. The molecule has 0 aliphatic heterocycles. The second-order valence-corrected chi connectivity index (χ2v) is 5.87. The third kappa shape index (κ3) is 2.87. The second kappa shape index (κ2) is 3.12. The van der Waals surface area contributed by atoms with Crippen molar-refractivity contribution in [2.75, 3.05) is 0 Å². The number of carbonyl (C=O) groups is 1. The molecule has 1 N–H and O–H groups in total. The summed E-state index contributed by atoms with van der Waals surface area (Å²) in [6.45, 7) is 1.37. The predicted molar refractivity (Wildman–Crippen MR) is 54.3 cm³/mol. The number of carbonyl (C=O) groups excluding carboxylic acids is 1. The van der Waals surface area contributed by atoms with E-state index in [1.54, 1.807) is 0 Å². The highest BCUT2D eigenvalue weighted by atomic mass is 32.5. The van der Waals surface area contributed by atoms with E-state index in [4.69, 9.17) is 0 Å². The maximum absolute atomic E-state index is 12.5. The Morgan fingerprint density at radius 3 is 2.12 bits per heavy atom. The van der Waals surface area contributed by atoms with E-state index in [0.717, 1.165) is 0 Å². The van der Waals surface area contributed by atoms with Crippen LogP contribution in [-0.4, -0.2) is 11.4 Å². The molecule has 1 aromatic carbocycles. The van der Waals surface area contributed by atoms with Crippen LogP contribution >= 0.6 is 10.2 Å². The summed E-state index contributed by atoms with van der Waals surface area (Å²) in [7, 11) is -9.83. The number of aromatic hydroxyl groups is 1. The highest BCUT2D eigenvalue weighted by Crippen LogP contribution is 3.02. The van der Waals surface area contributed by atoms with Gasteiger partial charge in [-0.2, -0.15) is 0 Å². The van der Waals surface area contributed by atoms with Crippen molar-refractivity contribution in [1.82, 2.24) is 0 Å². The largest absolute Gasteiger partial charge is 0.507 e. The van der Waals surface area contributed by atoms with E-state index in [0.29, 0.717) is 0 Å². The van der Waals surface area contributed by atoms with Gasteiger partial charge >= 0.3 is 10.2 Å². The molecule has 0 aromatic heterocycles. The van der Waals surface area contributed by atoms with E-state index in [2.05, 4.69) is 0 Å². The van der Waals surface area contributed by atoms with Crippen molar-refractivity contribution in [1.29, 1.82) is 0 Å². The number of halogens is 5. The molecular formula is C9H9F5O2S. The number of phenolic OH excluding ortho intramolecular Hbond substituents is 1. The zero-order valence-corrected chi connectivity index (χ0v) is 9.41. The SMILES string of the molecule is CCc1cc(S(F)(F)(F)(F)F)cc(C=O)c1O. The zero-order valence-electron chi connectivity index (χ0n) is 8.59. The Balaban J connectivity index is 3.66. The normalized spacial score (nSPS) is 16.1. The number of hydrogen-bond donors (Lipinski definition) is 1. The Labute approximate surface area is 93.8 Å². The van der Waals surface area contributed by atoms with Crippen LogP contribution in [0, 0.1) is 0 Å². The molecule has 17 heavy (non-hydrogen) atoms. The summed E-state index contributed by atoms with van der Waals surface area (Å²) >= 11 is 0. The topological polar surface area (TPSA) is 37.3 Å². The fourth-order valence-electron chi connectivity index (χ4n) is 1.27. The Kier molecular flexibility index (Phi) is 2.53. The van der Waals surface area contributed by atoms with Crippen LogP contribution in [0.2, 0.25) is 0 Å². The molecule has 0 spiro atoms. The molecule has 1 aromatic rings. The average molecular weight is 276 g/mol. The summed E-state index contributed by atoms with van der Waals surface area (Å²) in [6.07, 6.45) is -0.199. The van der Waals surface area contributed by atoms with Crippen LogP contribution in [-0.2, 0) is 6.42 Å². The first-order valence-corrected chi connectivity index (χ1v) is 6.39. The first kappa shape index (κ1) is 13.8. The van der Waals surface area contributed by atoms with E-state index in [1.165, 1.54) is 6.92 Å². The maximum Gasteiger partial charge on any atom is 0.310 e. The summed E-state index contributed by atoms with van der Waals surface area (Å²) in [5.74, 6) is -0.701. The maximum atomic E-state index is 12.5. The fourth-order valence-corrected chi connectivity index (χ4v) is 1.99. The van der Waals surface area contributed by atoms with Gasteiger partial charge in [0.05, 0.1) is 5.56 Å². The Bertz CT molecular complexity index is 480. The van der Waals surface area contributed by atoms with Gasteiger partial charge in [0, 0.05) is 0 Å².